The van der Waals surface area contributed by atoms with E-state index >= 15 is 0 Å². The molecule has 0 bridgehead atoms. The van der Waals surface area contributed by atoms with E-state index in [1.54, 1.807) is 54.7 Å². The number of amides is 2. The first-order valence-corrected chi connectivity index (χ1v) is 13.0. The van der Waals surface area contributed by atoms with Crippen molar-refractivity contribution in [2.75, 3.05) is 20.2 Å². The number of methoxy groups -OCH3 is 1. The number of carbonyl (C=O) groups is 3. The first-order chi connectivity index (χ1) is 19.5. The second-order valence-corrected chi connectivity index (χ2v) is 9.17. The van der Waals surface area contributed by atoms with Crippen LogP contribution in [0.2, 0.25) is 0 Å². The summed E-state index contributed by atoms with van der Waals surface area (Å²) in [6.45, 7) is 0.714. The van der Waals surface area contributed by atoms with E-state index in [4.69, 9.17) is 4.74 Å². The molecule has 0 aliphatic heterocycles. The van der Waals surface area contributed by atoms with Crippen molar-refractivity contribution in [2.24, 2.45) is 0 Å². The normalized spacial score (nSPS) is 10.5. The second-order valence-electron chi connectivity index (χ2n) is 9.17. The number of pyridine rings is 1. The summed E-state index contributed by atoms with van der Waals surface area (Å²) in [5.41, 5.74) is 3.94. The van der Waals surface area contributed by atoms with Gasteiger partial charge in [-0.1, -0.05) is 48.5 Å². The first kappa shape index (κ1) is 28.0. The van der Waals surface area contributed by atoms with Crippen LogP contribution in [-0.4, -0.2) is 53.0 Å². The minimum absolute atomic E-state index is 0.0561. The van der Waals surface area contributed by atoms with Crippen LogP contribution >= 0.6 is 0 Å². The van der Waals surface area contributed by atoms with Gasteiger partial charge in [0.2, 0.25) is 0 Å². The molecule has 2 amide bonds. The number of carboxylic acid groups (broad SMARTS) is 1. The summed E-state index contributed by atoms with van der Waals surface area (Å²) in [5, 5.41) is 12.3. The molecule has 0 saturated heterocycles. The van der Waals surface area contributed by atoms with Gasteiger partial charge in [-0.25, -0.2) is 0 Å². The van der Waals surface area contributed by atoms with Crippen molar-refractivity contribution in [2.45, 2.75) is 19.4 Å². The molecule has 0 spiro atoms. The Morgan fingerprint density at radius 2 is 1.50 bits per heavy atom. The highest BCUT2D eigenvalue weighted by atomic mass is 16.5. The van der Waals surface area contributed by atoms with E-state index in [2.05, 4.69) is 10.3 Å². The van der Waals surface area contributed by atoms with Crippen molar-refractivity contribution in [1.29, 1.82) is 0 Å². The van der Waals surface area contributed by atoms with Gasteiger partial charge in [-0.15, -0.1) is 0 Å². The summed E-state index contributed by atoms with van der Waals surface area (Å²) in [4.78, 5) is 44.1. The predicted molar refractivity (Wildman–Crippen MR) is 152 cm³/mol. The van der Waals surface area contributed by atoms with E-state index in [0.717, 1.165) is 11.1 Å². The molecule has 8 heteroatoms. The van der Waals surface area contributed by atoms with Gasteiger partial charge < -0.3 is 20.1 Å². The molecule has 0 saturated carbocycles. The first-order valence-electron chi connectivity index (χ1n) is 13.0. The van der Waals surface area contributed by atoms with Crippen molar-refractivity contribution >= 4 is 17.8 Å². The molecule has 204 valence electrons. The summed E-state index contributed by atoms with van der Waals surface area (Å²) < 4.78 is 5.30. The fraction of sp³-hybridized carbons (Fsp3) is 0.188. The van der Waals surface area contributed by atoms with Crippen molar-refractivity contribution < 1.29 is 24.2 Å². The lowest BCUT2D eigenvalue weighted by atomic mass is 9.94. The number of hydrogen-bond acceptors (Lipinski definition) is 5. The molecule has 0 unspecified atom stereocenters. The van der Waals surface area contributed by atoms with Gasteiger partial charge in [-0.3, -0.25) is 19.4 Å². The number of aliphatic carboxylic acids is 1. The molecule has 3 aromatic carbocycles. The fourth-order valence-corrected chi connectivity index (χ4v) is 4.41. The van der Waals surface area contributed by atoms with Crippen molar-refractivity contribution in [3.8, 4) is 16.9 Å². The van der Waals surface area contributed by atoms with Gasteiger partial charge in [0.05, 0.1) is 13.5 Å². The Bertz CT molecular complexity index is 1470. The molecule has 0 aliphatic carbocycles. The molecule has 0 atom stereocenters. The number of hydrogen-bond donors (Lipinski definition) is 2. The summed E-state index contributed by atoms with van der Waals surface area (Å²) in [6, 6.07) is 25.5. The van der Waals surface area contributed by atoms with E-state index < -0.39 is 5.97 Å². The van der Waals surface area contributed by atoms with Gasteiger partial charge in [0.25, 0.3) is 11.8 Å². The zero-order valence-electron chi connectivity index (χ0n) is 22.2. The topological polar surface area (TPSA) is 109 Å². The Hall–Kier alpha value is -4.98. The van der Waals surface area contributed by atoms with E-state index in [0.29, 0.717) is 47.5 Å². The van der Waals surface area contributed by atoms with E-state index in [9.17, 15) is 19.5 Å². The van der Waals surface area contributed by atoms with Gasteiger partial charge in [0.1, 0.15) is 5.75 Å². The minimum atomic E-state index is -0.983. The zero-order valence-corrected chi connectivity index (χ0v) is 22.2. The fourth-order valence-electron chi connectivity index (χ4n) is 4.41. The number of ether oxygens (including phenoxy) is 1. The molecule has 8 nitrogen and oxygen atoms in total. The number of aromatic nitrogens is 1. The molecule has 0 aliphatic rings. The van der Waals surface area contributed by atoms with Crippen molar-refractivity contribution in [3.63, 3.8) is 0 Å². The Morgan fingerprint density at radius 1 is 0.825 bits per heavy atom. The molecule has 1 aromatic heterocycles. The van der Waals surface area contributed by atoms with Crippen LogP contribution in [0.15, 0.2) is 97.3 Å². The molecular formula is C32H31N3O5. The monoisotopic (exact) mass is 537 g/mol. The van der Waals surface area contributed by atoms with Crippen molar-refractivity contribution in [3.05, 3.63) is 120 Å². The van der Waals surface area contributed by atoms with Gasteiger partial charge in [0.15, 0.2) is 0 Å². The van der Waals surface area contributed by atoms with E-state index in [-0.39, 0.29) is 24.8 Å². The molecule has 0 radical (unpaired) electrons. The number of carbonyl (C=O) groups excluding carboxylic acids is 2. The summed E-state index contributed by atoms with van der Waals surface area (Å²) in [7, 11) is 1.59. The lowest BCUT2D eigenvalue weighted by Crippen LogP contribution is -2.35. The van der Waals surface area contributed by atoms with Crippen LogP contribution in [0, 0.1) is 0 Å². The molecule has 2 N–H and O–H groups in total. The quantitative estimate of drug-likeness (QED) is 0.268. The SMILES string of the molecule is COc1cccc(CCN(CCC(=O)O)C(=O)c2ccccc2-c2ccccc2C(=O)NCc2ccncc2)c1. The summed E-state index contributed by atoms with van der Waals surface area (Å²) >= 11 is 0. The van der Waals surface area contributed by atoms with Gasteiger partial charge in [-0.2, -0.15) is 0 Å². The van der Waals surface area contributed by atoms with Crippen LogP contribution in [0.5, 0.6) is 5.75 Å². The number of nitrogens with one attached hydrogen (secondary N) is 1. The number of benzene rings is 3. The van der Waals surface area contributed by atoms with Crippen LogP contribution in [0.25, 0.3) is 11.1 Å². The van der Waals surface area contributed by atoms with E-state index in [1.807, 2.05) is 54.6 Å². The summed E-state index contributed by atoms with van der Waals surface area (Å²) in [5.74, 6) is -0.837. The minimum Gasteiger partial charge on any atom is -0.497 e. The molecule has 0 fully saturated rings. The average molecular weight is 538 g/mol. The Kier molecular flexibility index (Phi) is 9.61. The van der Waals surface area contributed by atoms with Crippen LogP contribution < -0.4 is 10.1 Å². The standard InChI is InChI=1S/C32H31N3O5/c1-40-25-8-6-7-23(21-25)15-19-35(20-16-30(36)37)32(39)29-12-5-3-10-27(29)26-9-2-4-11-28(26)31(38)34-22-24-13-17-33-18-14-24/h2-14,17-18,21H,15-16,19-20,22H2,1H3,(H,34,38)(H,36,37). The van der Waals surface area contributed by atoms with Crippen LogP contribution in [0.3, 0.4) is 0 Å². The Labute approximate surface area is 233 Å². The highest BCUT2D eigenvalue weighted by Crippen LogP contribution is 2.28. The van der Waals surface area contributed by atoms with Gasteiger partial charge >= 0.3 is 5.97 Å². The largest absolute Gasteiger partial charge is 0.497 e. The number of carboxylic acids is 1. The third-order valence-electron chi connectivity index (χ3n) is 6.51. The van der Waals surface area contributed by atoms with Gasteiger partial charge in [0, 0.05) is 43.2 Å². The summed E-state index contributed by atoms with van der Waals surface area (Å²) in [6.07, 6.45) is 3.68. The highest BCUT2D eigenvalue weighted by Gasteiger charge is 2.22. The lowest BCUT2D eigenvalue weighted by Gasteiger charge is -2.24. The predicted octanol–water partition coefficient (Wildman–Crippen LogP) is 4.85. The Morgan fingerprint density at radius 3 is 2.20 bits per heavy atom. The maximum Gasteiger partial charge on any atom is 0.305 e. The number of nitrogens with zero attached hydrogens (tertiary/aromatic N) is 2. The average Bonchev–Trinajstić information content (AvgIpc) is 3.00. The molecule has 4 aromatic rings. The van der Waals surface area contributed by atoms with Crippen LogP contribution in [-0.2, 0) is 17.8 Å². The second kappa shape index (κ2) is 13.7. The number of rotatable bonds is 12. The smallest absolute Gasteiger partial charge is 0.305 e. The van der Waals surface area contributed by atoms with Crippen LogP contribution in [0.4, 0.5) is 0 Å². The maximum absolute atomic E-state index is 13.9. The maximum atomic E-state index is 13.9. The third kappa shape index (κ3) is 7.32. The Balaban J connectivity index is 1.60. The van der Waals surface area contributed by atoms with Gasteiger partial charge in [-0.05, 0) is 65.1 Å². The molecular weight excluding hydrogens is 506 g/mol. The lowest BCUT2D eigenvalue weighted by molar-refractivity contribution is -0.137. The third-order valence-corrected chi connectivity index (χ3v) is 6.51. The van der Waals surface area contributed by atoms with E-state index in [1.165, 1.54) is 0 Å². The van der Waals surface area contributed by atoms with Crippen molar-refractivity contribution in [1.82, 2.24) is 15.2 Å². The molecule has 4 rings (SSSR count). The molecule has 40 heavy (non-hydrogen) atoms. The molecule has 1 heterocycles. The zero-order chi connectivity index (χ0) is 28.3. The van der Waals surface area contributed by atoms with Crippen LogP contribution in [0.1, 0.15) is 38.3 Å². The highest BCUT2D eigenvalue weighted by molar-refractivity contribution is 6.06.